The molecule has 2 aromatic rings. The molecule has 0 spiro atoms. The minimum atomic E-state index is 0.0541. The minimum absolute atomic E-state index is 0.0541. The fraction of sp³-hybridized carbons (Fsp3) is 0.385. The fourth-order valence-corrected chi connectivity index (χ4v) is 2.11. The van der Waals surface area contributed by atoms with E-state index in [1.165, 1.54) is 11.3 Å². The average molecular weight is 273 g/mol. The lowest BCUT2D eigenvalue weighted by atomic mass is 10.1. The highest BCUT2D eigenvalue weighted by Crippen LogP contribution is 2.21. The third-order valence-corrected chi connectivity index (χ3v) is 3.29. The second kappa shape index (κ2) is 5.43. The Morgan fingerprint density at radius 1 is 1.32 bits per heavy atom. The van der Waals surface area contributed by atoms with Crippen LogP contribution in [0.3, 0.4) is 0 Å². The van der Waals surface area contributed by atoms with Crippen LogP contribution < -0.4 is 5.32 Å². The fourth-order valence-electron chi connectivity index (χ4n) is 1.36. The third kappa shape index (κ3) is 3.81. The topological polar surface area (TPSA) is 74.5 Å². The van der Waals surface area contributed by atoms with E-state index >= 15 is 0 Å². The molecule has 2 rings (SSSR count). The van der Waals surface area contributed by atoms with Crippen LogP contribution in [0.15, 0.2) is 18.3 Å². The summed E-state index contributed by atoms with van der Waals surface area (Å²) in [5.41, 5.74) is 1.35. The Morgan fingerprint density at radius 3 is 2.68 bits per heavy atom. The van der Waals surface area contributed by atoms with Gasteiger partial charge in [0.1, 0.15) is 16.8 Å². The summed E-state index contributed by atoms with van der Waals surface area (Å²) in [6.45, 7) is 7.02. The van der Waals surface area contributed by atoms with Crippen LogP contribution in [0.4, 0.5) is 0 Å². The number of hydrogen-bond acceptors (Lipinski definition) is 6. The van der Waals surface area contributed by atoms with E-state index in [-0.39, 0.29) is 5.54 Å². The van der Waals surface area contributed by atoms with Crippen LogP contribution in [-0.4, -0.2) is 20.7 Å². The normalized spacial score (nSPS) is 11.3. The van der Waals surface area contributed by atoms with Crippen LogP contribution in [0.5, 0.6) is 0 Å². The van der Waals surface area contributed by atoms with Crippen molar-refractivity contribution in [1.29, 1.82) is 5.26 Å². The average Bonchev–Trinajstić information content (AvgIpc) is 2.84. The van der Waals surface area contributed by atoms with E-state index in [1.807, 2.05) is 6.07 Å². The van der Waals surface area contributed by atoms with Crippen LogP contribution >= 0.6 is 11.3 Å². The molecule has 0 saturated heterocycles. The van der Waals surface area contributed by atoms with Crippen molar-refractivity contribution in [2.75, 3.05) is 0 Å². The molecule has 0 atom stereocenters. The first-order chi connectivity index (χ1) is 8.98. The first-order valence-corrected chi connectivity index (χ1v) is 6.73. The van der Waals surface area contributed by atoms with Crippen molar-refractivity contribution in [2.24, 2.45) is 0 Å². The Kier molecular flexibility index (Phi) is 3.88. The zero-order valence-corrected chi connectivity index (χ0v) is 12.0. The zero-order valence-electron chi connectivity index (χ0n) is 11.1. The van der Waals surface area contributed by atoms with Gasteiger partial charge in [0, 0.05) is 11.7 Å². The lowest BCUT2D eigenvalue weighted by Gasteiger charge is -2.19. The van der Waals surface area contributed by atoms with E-state index in [0.29, 0.717) is 12.1 Å². The number of nitrogens with zero attached hydrogens (tertiary/aromatic N) is 4. The van der Waals surface area contributed by atoms with Gasteiger partial charge in [-0.3, -0.25) is 4.98 Å². The number of aromatic nitrogens is 3. The summed E-state index contributed by atoms with van der Waals surface area (Å²) in [4.78, 5) is 4.21. The molecule has 0 aliphatic rings. The molecule has 0 radical (unpaired) electrons. The van der Waals surface area contributed by atoms with Gasteiger partial charge in [-0.25, -0.2) is 0 Å². The van der Waals surface area contributed by atoms with Gasteiger partial charge in [-0.1, -0.05) is 11.3 Å². The van der Waals surface area contributed by atoms with Gasteiger partial charge in [0.15, 0.2) is 5.01 Å². The largest absolute Gasteiger partial charge is 0.306 e. The Labute approximate surface area is 116 Å². The monoisotopic (exact) mass is 273 g/mol. The molecule has 0 saturated carbocycles. The highest BCUT2D eigenvalue weighted by molar-refractivity contribution is 7.14. The molecule has 98 valence electrons. The zero-order chi connectivity index (χ0) is 13.9. The number of nitrogens with one attached hydrogen (secondary N) is 1. The summed E-state index contributed by atoms with van der Waals surface area (Å²) < 4.78 is 0. The number of rotatable bonds is 3. The van der Waals surface area contributed by atoms with Crippen molar-refractivity contribution in [2.45, 2.75) is 32.9 Å². The SMILES string of the molecule is CC(C)(C)NCc1nnc(-c2ccc(C#N)cn2)s1. The van der Waals surface area contributed by atoms with Crippen LogP contribution in [0, 0.1) is 11.3 Å². The predicted octanol–water partition coefficient (Wildman–Crippen LogP) is 2.36. The molecule has 6 heteroatoms. The minimum Gasteiger partial charge on any atom is -0.306 e. The lowest BCUT2D eigenvalue weighted by Crippen LogP contribution is -2.35. The Balaban J connectivity index is 2.10. The van der Waals surface area contributed by atoms with Crippen molar-refractivity contribution < 1.29 is 0 Å². The summed E-state index contributed by atoms with van der Waals surface area (Å²) in [5.74, 6) is 0. The molecular formula is C13H15N5S. The van der Waals surface area contributed by atoms with Gasteiger partial charge in [0.25, 0.3) is 0 Å². The van der Waals surface area contributed by atoms with Crippen molar-refractivity contribution in [3.8, 4) is 16.8 Å². The van der Waals surface area contributed by atoms with Gasteiger partial charge in [0.2, 0.25) is 0 Å². The van der Waals surface area contributed by atoms with Crippen LogP contribution in [0.25, 0.3) is 10.7 Å². The van der Waals surface area contributed by atoms with Gasteiger partial charge < -0.3 is 5.32 Å². The maximum absolute atomic E-state index is 8.73. The van der Waals surface area contributed by atoms with E-state index in [4.69, 9.17) is 5.26 Å². The molecular weight excluding hydrogens is 258 g/mol. The van der Waals surface area contributed by atoms with E-state index in [2.05, 4.69) is 41.3 Å². The lowest BCUT2D eigenvalue weighted by molar-refractivity contribution is 0.423. The molecule has 0 amide bonds. The van der Waals surface area contributed by atoms with E-state index < -0.39 is 0 Å². The summed E-state index contributed by atoms with van der Waals surface area (Å²) in [7, 11) is 0. The summed E-state index contributed by atoms with van der Waals surface area (Å²) >= 11 is 1.51. The first kappa shape index (κ1) is 13.6. The molecule has 0 fully saturated rings. The van der Waals surface area contributed by atoms with Crippen LogP contribution in [-0.2, 0) is 6.54 Å². The van der Waals surface area contributed by atoms with Gasteiger partial charge in [-0.15, -0.1) is 10.2 Å². The Bertz CT molecular complexity index is 589. The molecule has 0 aliphatic carbocycles. The van der Waals surface area contributed by atoms with E-state index in [1.54, 1.807) is 18.3 Å². The van der Waals surface area contributed by atoms with Gasteiger partial charge >= 0.3 is 0 Å². The Morgan fingerprint density at radius 2 is 2.11 bits per heavy atom. The number of nitriles is 1. The molecule has 5 nitrogen and oxygen atoms in total. The molecule has 2 heterocycles. The second-order valence-electron chi connectivity index (χ2n) is 5.15. The maximum atomic E-state index is 8.73. The first-order valence-electron chi connectivity index (χ1n) is 5.92. The molecule has 19 heavy (non-hydrogen) atoms. The third-order valence-electron chi connectivity index (χ3n) is 2.35. The van der Waals surface area contributed by atoms with Crippen molar-refractivity contribution in [3.63, 3.8) is 0 Å². The second-order valence-corrected chi connectivity index (χ2v) is 6.21. The van der Waals surface area contributed by atoms with Gasteiger partial charge in [0.05, 0.1) is 12.1 Å². The van der Waals surface area contributed by atoms with Crippen LogP contribution in [0.2, 0.25) is 0 Å². The molecule has 0 bridgehead atoms. The highest BCUT2D eigenvalue weighted by atomic mass is 32.1. The number of hydrogen-bond donors (Lipinski definition) is 1. The molecule has 2 aromatic heterocycles. The molecule has 0 aromatic carbocycles. The van der Waals surface area contributed by atoms with E-state index in [0.717, 1.165) is 15.7 Å². The van der Waals surface area contributed by atoms with E-state index in [9.17, 15) is 0 Å². The smallest absolute Gasteiger partial charge is 0.166 e. The number of pyridine rings is 1. The molecule has 0 unspecified atom stereocenters. The van der Waals surface area contributed by atoms with Crippen molar-refractivity contribution in [3.05, 3.63) is 28.9 Å². The summed E-state index contributed by atoms with van der Waals surface area (Å²) in [6.07, 6.45) is 1.55. The van der Waals surface area contributed by atoms with Gasteiger partial charge in [-0.05, 0) is 32.9 Å². The summed E-state index contributed by atoms with van der Waals surface area (Å²) in [6, 6.07) is 5.57. The Hall–Kier alpha value is -1.84. The standard InChI is InChI=1S/C13H15N5S/c1-13(2,3)16-8-11-17-18-12(19-11)10-5-4-9(6-14)7-15-10/h4-5,7,16H,8H2,1-3H3. The quantitative estimate of drug-likeness (QED) is 0.929. The van der Waals surface area contributed by atoms with Crippen molar-refractivity contribution >= 4 is 11.3 Å². The maximum Gasteiger partial charge on any atom is 0.166 e. The van der Waals surface area contributed by atoms with Crippen molar-refractivity contribution in [1.82, 2.24) is 20.5 Å². The van der Waals surface area contributed by atoms with Gasteiger partial charge in [-0.2, -0.15) is 5.26 Å². The molecule has 1 N–H and O–H groups in total. The summed E-state index contributed by atoms with van der Waals surface area (Å²) in [5, 5.41) is 22.1. The molecule has 0 aliphatic heterocycles. The van der Waals surface area contributed by atoms with Crippen LogP contribution in [0.1, 0.15) is 31.3 Å². The predicted molar refractivity (Wildman–Crippen MR) is 74.4 cm³/mol. The highest BCUT2D eigenvalue weighted by Gasteiger charge is 2.12.